The summed E-state index contributed by atoms with van der Waals surface area (Å²) in [6, 6.07) is 5.40. The molecule has 2 heterocycles. The van der Waals surface area contributed by atoms with Crippen LogP contribution in [0.5, 0.6) is 5.75 Å². The molecular formula is C23H25N3O7S3. The van der Waals surface area contributed by atoms with Gasteiger partial charge in [0.25, 0.3) is 5.91 Å². The van der Waals surface area contributed by atoms with Gasteiger partial charge >= 0.3 is 5.97 Å². The first-order chi connectivity index (χ1) is 17.1. The molecule has 36 heavy (non-hydrogen) atoms. The maximum atomic E-state index is 12.6. The average molecular weight is 552 g/mol. The number of thiazole rings is 1. The molecule has 1 N–H and O–H groups in total. The fourth-order valence-electron chi connectivity index (χ4n) is 4.00. The lowest BCUT2D eigenvalue weighted by Crippen LogP contribution is -2.28. The number of benzene rings is 1. The smallest absolute Gasteiger partial charge is 0.341 e. The Balaban J connectivity index is 1.47. The van der Waals surface area contributed by atoms with Gasteiger partial charge in [0.05, 0.1) is 29.5 Å². The number of nitrogens with zero attached hydrogens (tertiary/aromatic N) is 2. The standard InChI is InChI=1S/C23H25N3O7S3/c1-4-33-22(29)20-14-6-5-7-16(14)34-21(20)24-18(27)11-36(30,31)12-19(28)25-23-26(2)15-9-8-13(32-3)10-17(15)35-23/h8-10H,4-7,11-12H2,1-3H3,(H,24,27). The highest BCUT2D eigenvalue weighted by molar-refractivity contribution is 7.92. The number of amides is 2. The largest absolute Gasteiger partial charge is 0.497 e. The molecule has 0 radical (unpaired) electrons. The van der Waals surface area contributed by atoms with Crippen molar-refractivity contribution in [2.24, 2.45) is 12.0 Å². The second-order valence-corrected chi connectivity index (χ2v) is 12.3. The number of nitrogens with one attached hydrogen (secondary N) is 1. The third kappa shape index (κ3) is 5.52. The molecule has 1 aliphatic carbocycles. The van der Waals surface area contributed by atoms with Gasteiger partial charge in [-0.05, 0) is 49.9 Å². The third-order valence-corrected chi connectivity index (χ3v) is 9.28. The highest BCUT2D eigenvalue weighted by Crippen LogP contribution is 2.39. The van der Waals surface area contributed by atoms with Crippen molar-refractivity contribution < 1.29 is 32.3 Å². The van der Waals surface area contributed by atoms with E-state index in [2.05, 4.69) is 10.3 Å². The van der Waals surface area contributed by atoms with Gasteiger partial charge in [-0.1, -0.05) is 11.3 Å². The van der Waals surface area contributed by atoms with Crippen molar-refractivity contribution in [2.75, 3.05) is 30.5 Å². The van der Waals surface area contributed by atoms with Gasteiger partial charge in [-0.15, -0.1) is 11.3 Å². The van der Waals surface area contributed by atoms with Crippen LogP contribution in [0.15, 0.2) is 23.2 Å². The van der Waals surface area contributed by atoms with Gasteiger partial charge in [-0.3, -0.25) is 9.59 Å². The first-order valence-electron chi connectivity index (χ1n) is 11.1. The van der Waals surface area contributed by atoms with Crippen molar-refractivity contribution >= 4 is 65.5 Å². The zero-order valence-electron chi connectivity index (χ0n) is 20.0. The fraction of sp³-hybridized carbons (Fsp3) is 0.391. The molecule has 3 aromatic rings. The van der Waals surface area contributed by atoms with Gasteiger partial charge in [0.1, 0.15) is 22.3 Å². The number of anilines is 1. The predicted molar refractivity (Wildman–Crippen MR) is 138 cm³/mol. The number of hydrogen-bond acceptors (Lipinski definition) is 9. The normalized spacial score (nSPS) is 13.6. The Kier molecular flexibility index (Phi) is 7.62. The number of ether oxygens (including phenoxy) is 2. The van der Waals surface area contributed by atoms with Crippen molar-refractivity contribution in [2.45, 2.75) is 26.2 Å². The predicted octanol–water partition coefficient (Wildman–Crippen LogP) is 2.46. The number of aryl methyl sites for hydroxylation is 2. The van der Waals surface area contributed by atoms with Crippen molar-refractivity contribution in [3.63, 3.8) is 0 Å². The van der Waals surface area contributed by atoms with E-state index in [0.717, 1.165) is 33.5 Å². The molecule has 10 nitrogen and oxygen atoms in total. The number of sulfone groups is 1. The van der Waals surface area contributed by atoms with Crippen LogP contribution in [0, 0.1) is 0 Å². The van der Waals surface area contributed by atoms with Gasteiger partial charge in [-0.25, -0.2) is 13.2 Å². The van der Waals surface area contributed by atoms with Gasteiger partial charge < -0.3 is 19.4 Å². The van der Waals surface area contributed by atoms with Crippen LogP contribution in [0.2, 0.25) is 0 Å². The van der Waals surface area contributed by atoms with E-state index in [0.29, 0.717) is 22.5 Å². The Hall–Kier alpha value is -3.03. The molecule has 13 heteroatoms. The number of methoxy groups -OCH3 is 1. The van der Waals surface area contributed by atoms with Gasteiger partial charge in [-0.2, -0.15) is 4.99 Å². The van der Waals surface area contributed by atoms with Gasteiger partial charge in [0.15, 0.2) is 14.6 Å². The van der Waals surface area contributed by atoms with Crippen molar-refractivity contribution in [3.05, 3.63) is 39.0 Å². The Labute approximate surface area is 215 Å². The topological polar surface area (TPSA) is 133 Å². The maximum Gasteiger partial charge on any atom is 0.341 e. The second-order valence-electron chi connectivity index (χ2n) is 8.15. The molecule has 0 atom stereocenters. The molecule has 2 aromatic heterocycles. The van der Waals surface area contributed by atoms with E-state index in [1.54, 1.807) is 37.8 Å². The summed E-state index contributed by atoms with van der Waals surface area (Å²) in [7, 11) is -0.833. The van der Waals surface area contributed by atoms with E-state index < -0.39 is 39.1 Å². The molecule has 0 spiro atoms. The molecule has 1 aromatic carbocycles. The number of rotatable bonds is 8. The van der Waals surface area contributed by atoms with Crippen molar-refractivity contribution in [1.82, 2.24) is 4.57 Å². The Bertz CT molecular complexity index is 1530. The van der Waals surface area contributed by atoms with Crippen molar-refractivity contribution in [3.8, 4) is 5.75 Å². The van der Waals surface area contributed by atoms with Crippen LogP contribution in [-0.2, 0) is 44.1 Å². The minimum atomic E-state index is -4.10. The summed E-state index contributed by atoms with van der Waals surface area (Å²) in [5.74, 6) is -3.42. The first-order valence-corrected chi connectivity index (χ1v) is 14.6. The van der Waals surface area contributed by atoms with Crippen LogP contribution < -0.4 is 14.9 Å². The van der Waals surface area contributed by atoms with Crippen LogP contribution in [0.4, 0.5) is 5.00 Å². The number of thiophene rings is 1. The highest BCUT2D eigenvalue weighted by atomic mass is 32.2. The van der Waals surface area contributed by atoms with E-state index in [4.69, 9.17) is 9.47 Å². The number of hydrogen-bond donors (Lipinski definition) is 1. The summed E-state index contributed by atoms with van der Waals surface area (Å²) in [5, 5.41) is 2.82. The Morgan fingerprint density at radius 3 is 2.67 bits per heavy atom. The monoisotopic (exact) mass is 551 g/mol. The van der Waals surface area contributed by atoms with E-state index in [1.165, 1.54) is 22.7 Å². The second kappa shape index (κ2) is 10.5. The summed E-state index contributed by atoms with van der Waals surface area (Å²) >= 11 is 2.48. The molecule has 1 aliphatic rings. The summed E-state index contributed by atoms with van der Waals surface area (Å²) < 4.78 is 38.0. The lowest BCUT2D eigenvalue weighted by molar-refractivity contribution is -0.115. The third-order valence-electron chi connectivity index (χ3n) is 5.59. The lowest BCUT2D eigenvalue weighted by atomic mass is 10.1. The summed E-state index contributed by atoms with van der Waals surface area (Å²) in [4.78, 5) is 42.7. The maximum absolute atomic E-state index is 12.6. The van der Waals surface area contributed by atoms with E-state index in [1.807, 2.05) is 6.07 Å². The molecule has 0 bridgehead atoms. The number of aromatic nitrogens is 1. The van der Waals surface area contributed by atoms with Crippen LogP contribution in [-0.4, -0.2) is 56.0 Å². The number of fused-ring (bicyclic) bond motifs is 2. The number of esters is 1. The van der Waals surface area contributed by atoms with E-state index in [9.17, 15) is 22.8 Å². The number of carbonyl (C=O) groups excluding carboxylic acids is 3. The van der Waals surface area contributed by atoms with E-state index >= 15 is 0 Å². The molecule has 0 fully saturated rings. The van der Waals surface area contributed by atoms with Crippen molar-refractivity contribution in [1.29, 1.82) is 0 Å². The van der Waals surface area contributed by atoms with Crippen LogP contribution >= 0.6 is 22.7 Å². The van der Waals surface area contributed by atoms with Crippen LogP contribution in [0.1, 0.15) is 34.1 Å². The average Bonchev–Trinajstić information content (AvgIpc) is 3.46. The van der Waals surface area contributed by atoms with Gasteiger partial charge in [0.2, 0.25) is 5.91 Å². The van der Waals surface area contributed by atoms with Crippen LogP contribution in [0.25, 0.3) is 10.2 Å². The first kappa shape index (κ1) is 26.0. The molecule has 192 valence electrons. The quantitative estimate of drug-likeness (QED) is 0.425. The zero-order chi connectivity index (χ0) is 26.0. The summed E-state index contributed by atoms with van der Waals surface area (Å²) in [6.07, 6.45) is 2.40. The summed E-state index contributed by atoms with van der Waals surface area (Å²) in [5.41, 5.74) is 1.95. The van der Waals surface area contributed by atoms with E-state index in [-0.39, 0.29) is 11.6 Å². The molecule has 0 aliphatic heterocycles. The minimum Gasteiger partial charge on any atom is -0.497 e. The fourth-order valence-corrected chi connectivity index (χ4v) is 7.37. The minimum absolute atomic E-state index is 0.182. The lowest BCUT2D eigenvalue weighted by Gasteiger charge is -2.08. The summed E-state index contributed by atoms with van der Waals surface area (Å²) in [6.45, 7) is 1.87. The Morgan fingerprint density at radius 2 is 1.94 bits per heavy atom. The molecule has 4 rings (SSSR count). The van der Waals surface area contributed by atoms with Crippen LogP contribution in [0.3, 0.4) is 0 Å². The molecule has 0 saturated heterocycles. The molecular weight excluding hydrogens is 526 g/mol. The zero-order valence-corrected chi connectivity index (χ0v) is 22.4. The molecule has 0 saturated carbocycles. The Morgan fingerprint density at radius 1 is 1.17 bits per heavy atom. The molecule has 2 amide bonds. The number of carbonyl (C=O) groups is 3. The van der Waals surface area contributed by atoms with Gasteiger partial charge in [0, 0.05) is 11.9 Å². The highest BCUT2D eigenvalue weighted by Gasteiger charge is 2.29. The molecule has 0 unspecified atom stereocenters. The SMILES string of the molecule is CCOC(=O)c1c(NC(=O)CS(=O)(=O)CC(=O)N=c2sc3cc(OC)ccc3n2C)sc2c1CCC2.